The first-order chi connectivity index (χ1) is 25.8. The van der Waals surface area contributed by atoms with Crippen LogP contribution in [0.25, 0.3) is 43.8 Å². The van der Waals surface area contributed by atoms with Gasteiger partial charge >= 0.3 is 37.9 Å². The second-order valence-electron chi connectivity index (χ2n) is 15.5. The van der Waals surface area contributed by atoms with Crippen molar-refractivity contribution in [2.75, 3.05) is 0 Å². The summed E-state index contributed by atoms with van der Waals surface area (Å²) in [5.41, 5.74) is 12.7. The molecule has 4 heteroatoms. The molecule has 8 rings (SSSR count). The minimum absolute atomic E-state index is 0.582. The van der Waals surface area contributed by atoms with Crippen LogP contribution in [0, 0.1) is 13.8 Å². The van der Waals surface area contributed by atoms with Crippen LogP contribution < -0.4 is 0 Å². The van der Waals surface area contributed by atoms with Crippen LogP contribution in [0.3, 0.4) is 0 Å². The van der Waals surface area contributed by atoms with Gasteiger partial charge in [0.25, 0.3) is 0 Å². The first-order valence-corrected chi connectivity index (χ1v) is 28.2. The molecule has 2 aliphatic carbocycles. The third-order valence-corrected chi connectivity index (χ3v) is 11.3. The SMILES string of the molecule is CC(C)c1cc2c(-c3ccc(C4CCCCC4)cc3)cccc2[cH-]1.C[Si]C.Cc1cc2c(-c3ccc(C4CCCCC4)cc3)ccc(C)c2[cH-]1.[Cl][Zr+2][Cl]. The van der Waals surface area contributed by atoms with Gasteiger partial charge in [-0.1, -0.05) is 151 Å². The molecule has 0 amide bonds. The number of fused-ring (bicyclic) bond motifs is 2. The molecule has 6 aromatic rings. The fraction of sp³-hybridized carbons (Fsp3) is 0.388. The zero-order valence-corrected chi connectivity index (χ0v) is 37.8. The van der Waals surface area contributed by atoms with Crippen LogP contribution in [-0.2, 0) is 20.8 Å². The van der Waals surface area contributed by atoms with Gasteiger partial charge in [-0.15, -0.1) is 68.6 Å². The molecular formula is C49H58Cl2SiZr. The molecule has 0 N–H and O–H groups in total. The Morgan fingerprint density at radius 1 is 0.623 bits per heavy atom. The third kappa shape index (κ3) is 11.2. The Balaban J connectivity index is 0.000000178. The van der Waals surface area contributed by atoms with Gasteiger partial charge in [0.2, 0.25) is 0 Å². The molecular weight excluding hydrogens is 779 g/mol. The van der Waals surface area contributed by atoms with Crippen LogP contribution in [-0.4, -0.2) is 9.52 Å². The van der Waals surface area contributed by atoms with E-state index >= 15 is 0 Å². The average Bonchev–Trinajstić information content (AvgIpc) is 3.82. The molecule has 0 heterocycles. The van der Waals surface area contributed by atoms with E-state index in [2.05, 4.69) is 144 Å². The average molecular weight is 837 g/mol. The summed E-state index contributed by atoms with van der Waals surface area (Å²) in [4.78, 5) is 0. The molecule has 0 bridgehead atoms. The molecule has 276 valence electrons. The van der Waals surface area contributed by atoms with Crippen LogP contribution in [0.2, 0.25) is 13.1 Å². The molecule has 2 radical (unpaired) electrons. The molecule has 0 aliphatic heterocycles. The fourth-order valence-electron chi connectivity index (χ4n) is 8.43. The van der Waals surface area contributed by atoms with E-state index in [-0.39, 0.29) is 0 Å². The molecule has 0 aromatic heterocycles. The zero-order chi connectivity index (χ0) is 37.7. The van der Waals surface area contributed by atoms with Gasteiger partial charge in [-0.2, -0.15) is 12.1 Å². The maximum atomic E-state index is 4.93. The van der Waals surface area contributed by atoms with Crippen molar-refractivity contribution >= 4 is 48.1 Å². The van der Waals surface area contributed by atoms with Crippen LogP contribution in [0.4, 0.5) is 0 Å². The van der Waals surface area contributed by atoms with Gasteiger partial charge < -0.3 is 0 Å². The number of rotatable bonds is 5. The number of aryl methyl sites for hydroxylation is 2. The fourth-order valence-corrected chi connectivity index (χ4v) is 8.43. The Morgan fingerprint density at radius 2 is 1.11 bits per heavy atom. The first kappa shape index (κ1) is 41.9. The molecule has 6 aromatic carbocycles. The predicted molar refractivity (Wildman–Crippen MR) is 234 cm³/mol. The zero-order valence-electron chi connectivity index (χ0n) is 32.9. The van der Waals surface area contributed by atoms with Crippen molar-refractivity contribution in [2.45, 2.75) is 123 Å². The Hall–Kier alpha value is -2.22. The van der Waals surface area contributed by atoms with Gasteiger partial charge in [-0.05, 0) is 65.7 Å². The monoisotopic (exact) mass is 834 g/mol. The van der Waals surface area contributed by atoms with Crippen molar-refractivity contribution in [1.82, 2.24) is 0 Å². The molecule has 2 aliphatic rings. The summed E-state index contributed by atoms with van der Waals surface area (Å²) in [6.45, 7) is 13.2. The normalized spacial score (nSPS) is 14.8. The molecule has 0 spiro atoms. The summed E-state index contributed by atoms with van der Waals surface area (Å²) in [6.07, 6.45) is 13.9. The van der Waals surface area contributed by atoms with Crippen molar-refractivity contribution in [3.05, 3.63) is 131 Å². The predicted octanol–water partition coefficient (Wildman–Crippen LogP) is 16.5. The van der Waals surface area contributed by atoms with Crippen LogP contribution in [0.15, 0.2) is 103 Å². The Bertz CT molecular complexity index is 1970. The molecule has 0 atom stereocenters. The first-order valence-electron chi connectivity index (χ1n) is 19.9. The summed E-state index contributed by atoms with van der Waals surface area (Å²) >= 11 is -0.826. The summed E-state index contributed by atoms with van der Waals surface area (Å²) in [5.74, 6) is 2.16. The second-order valence-corrected chi connectivity index (χ2v) is 20.3. The van der Waals surface area contributed by atoms with E-state index in [0.717, 1.165) is 21.4 Å². The van der Waals surface area contributed by atoms with Crippen molar-refractivity contribution in [2.24, 2.45) is 0 Å². The third-order valence-electron chi connectivity index (χ3n) is 11.3. The summed E-state index contributed by atoms with van der Waals surface area (Å²) in [5, 5.41) is 5.56. The van der Waals surface area contributed by atoms with E-state index < -0.39 is 20.8 Å². The van der Waals surface area contributed by atoms with E-state index in [1.165, 1.54) is 136 Å². The number of hydrogen-bond acceptors (Lipinski definition) is 0. The van der Waals surface area contributed by atoms with Gasteiger partial charge in [0.15, 0.2) is 0 Å². The van der Waals surface area contributed by atoms with E-state index in [0.29, 0.717) is 5.92 Å². The van der Waals surface area contributed by atoms with Crippen molar-refractivity contribution in [1.29, 1.82) is 0 Å². The summed E-state index contributed by atoms with van der Waals surface area (Å²) in [7, 11) is 11.0. The van der Waals surface area contributed by atoms with Crippen LogP contribution >= 0.6 is 17.0 Å². The second kappa shape index (κ2) is 21.2. The quantitative estimate of drug-likeness (QED) is 0.120. The number of hydrogen-bond donors (Lipinski definition) is 0. The molecule has 0 nitrogen and oxygen atoms in total. The standard InChI is InChI=1S/C24H27.C23H25.C2H6Si.2ClH.Zr/c1-17(2)22-15-21-9-6-10-23(24(21)16-22)20-13-11-19(12-14-20)18-7-4-3-5-8-18;1-16-14-22-17(2)8-13-21(23(22)15-16)20-11-9-19(10-12-20)18-6-4-3-5-7-18;1-3-2;;;/h6,9-18H,3-5,7-8H2,1-2H3;8-15,18H,3-7H2,1-2H3;1-2H3;2*1H;/q2*-1;;;;+4/p-2. The topological polar surface area (TPSA) is 0 Å². The van der Waals surface area contributed by atoms with E-state index in [9.17, 15) is 0 Å². The van der Waals surface area contributed by atoms with Crippen molar-refractivity contribution < 1.29 is 20.8 Å². The van der Waals surface area contributed by atoms with Gasteiger partial charge in [-0.3, -0.25) is 0 Å². The molecule has 2 saturated carbocycles. The Labute approximate surface area is 342 Å². The van der Waals surface area contributed by atoms with E-state index in [1.54, 1.807) is 0 Å². The van der Waals surface area contributed by atoms with Crippen LogP contribution in [0.5, 0.6) is 0 Å². The number of benzene rings is 4. The minimum atomic E-state index is -0.826. The van der Waals surface area contributed by atoms with Gasteiger partial charge in [0.1, 0.15) is 0 Å². The van der Waals surface area contributed by atoms with Gasteiger partial charge in [0, 0.05) is 9.52 Å². The van der Waals surface area contributed by atoms with Crippen LogP contribution in [0.1, 0.15) is 124 Å². The van der Waals surface area contributed by atoms with Gasteiger partial charge in [0.05, 0.1) is 0 Å². The molecule has 2 fully saturated rings. The van der Waals surface area contributed by atoms with E-state index in [1.807, 2.05) is 0 Å². The Kier molecular flexibility index (Phi) is 16.8. The Morgan fingerprint density at radius 3 is 1.60 bits per heavy atom. The summed E-state index contributed by atoms with van der Waals surface area (Å²) in [6, 6.07) is 39.4. The summed E-state index contributed by atoms with van der Waals surface area (Å²) < 4.78 is 0. The number of halogens is 2. The van der Waals surface area contributed by atoms with Crippen molar-refractivity contribution in [3.8, 4) is 22.3 Å². The molecule has 53 heavy (non-hydrogen) atoms. The molecule has 0 unspecified atom stereocenters. The maximum absolute atomic E-state index is 4.93. The van der Waals surface area contributed by atoms with E-state index in [4.69, 9.17) is 17.0 Å². The van der Waals surface area contributed by atoms with Crippen molar-refractivity contribution in [3.63, 3.8) is 0 Å². The molecule has 0 saturated heterocycles. The van der Waals surface area contributed by atoms with Gasteiger partial charge in [-0.25, -0.2) is 0 Å².